The lowest BCUT2D eigenvalue weighted by atomic mass is 10.2. The van der Waals surface area contributed by atoms with Crippen LogP contribution < -0.4 is 4.90 Å². The molecule has 0 amide bonds. The second kappa shape index (κ2) is 5.49. The Balaban J connectivity index is 1.74. The van der Waals surface area contributed by atoms with Crippen LogP contribution in [0.3, 0.4) is 0 Å². The van der Waals surface area contributed by atoms with Crippen molar-refractivity contribution in [1.29, 1.82) is 0 Å². The molecule has 1 aliphatic rings. The highest BCUT2D eigenvalue weighted by molar-refractivity contribution is 6.42. The number of halogens is 2. The third kappa shape index (κ3) is 2.44. The van der Waals surface area contributed by atoms with Crippen molar-refractivity contribution in [3.8, 4) is 11.5 Å². The van der Waals surface area contributed by atoms with E-state index in [2.05, 4.69) is 22.0 Å². The molecule has 0 unspecified atom stereocenters. The van der Waals surface area contributed by atoms with Crippen molar-refractivity contribution >= 4 is 40.0 Å². The summed E-state index contributed by atoms with van der Waals surface area (Å²) < 4.78 is 5.84. The van der Waals surface area contributed by atoms with Gasteiger partial charge in [-0.25, -0.2) is 4.98 Å². The van der Waals surface area contributed by atoms with E-state index in [1.165, 1.54) is 18.5 Å². The van der Waals surface area contributed by atoms with Crippen LogP contribution in [-0.4, -0.2) is 18.1 Å². The predicted molar refractivity (Wildman–Crippen MR) is 90.9 cm³/mol. The molecule has 1 aliphatic heterocycles. The molecule has 5 heteroatoms. The molecule has 0 saturated carbocycles. The molecule has 2 heterocycles. The minimum atomic E-state index is 0.499. The van der Waals surface area contributed by atoms with Crippen molar-refractivity contribution in [1.82, 2.24) is 4.98 Å². The van der Waals surface area contributed by atoms with Crippen LogP contribution in [0.25, 0.3) is 22.6 Å². The monoisotopic (exact) mass is 332 g/mol. The average molecular weight is 333 g/mol. The van der Waals surface area contributed by atoms with E-state index >= 15 is 0 Å². The van der Waals surface area contributed by atoms with Gasteiger partial charge in [0.25, 0.3) is 0 Å². The first-order chi connectivity index (χ1) is 10.7. The maximum absolute atomic E-state index is 6.07. The molecule has 0 atom stereocenters. The SMILES string of the molecule is Clc1ccc(-c2nc3cc(N4CCCC4)ccc3o2)cc1Cl. The Hall–Kier alpha value is -1.71. The molecule has 0 aliphatic carbocycles. The summed E-state index contributed by atoms with van der Waals surface area (Å²) in [4.78, 5) is 6.97. The van der Waals surface area contributed by atoms with E-state index in [1.54, 1.807) is 12.1 Å². The summed E-state index contributed by atoms with van der Waals surface area (Å²) in [6.07, 6.45) is 2.51. The molecule has 0 radical (unpaired) electrons. The molecular weight excluding hydrogens is 319 g/mol. The fraction of sp³-hybridized carbons (Fsp3) is 0.235. The molecule has 112 valence electrons. The van der Waals surface area contributed by atoms with Crippen molar-refractivity contribution in [3.05, 3.63) is 46.4 Å². The molecular formula is C17H14Cl2N2O. The zero-order chi connectivity index (χ0) is 15.1. The topological polar surface area (TPSA) is 29.3 Å². The molecule has 3 aromatic rings. The second-order valence-electron chi connectivity index (χ2n) is 5.49. The number of aromatic nitrogens is 1. The number of benzene rings is 2. The Bertz CT molecular complexity index is 838. The van der Waals surface area contributed by atoms with Gasteiger partial charge in [-0.05, 0) is 49.2 Å². The fourth-order valence-electron chi connectivity index (χ4n) is 2.84. The van der Waals surface area contributed by atoms with Crippen molar-refractivity contribution < 1.29 is 4.42 Å². The van der Waals surface area contributed by atoms with Crippen LogP contribution in [0.4, 0.5) is 5.69 Å². The van der Waals surface area contributed by atoms with Crippen LogP contribution in [-0.2, 0) is 0 Å². The molecule has 2 aromatic carbocycles. The third-order valence-corrected chi connectivity index (χ3v) is 4.75. The van der Waals surface area contributed by atoms with Crippen molar-refractivity contribution in [2.24, 2.45) is 0 Å². The third-order valence-electron chi connectivity index (χ3n) is 4.01. The minimum Gasteiger partial charge on any atom is -0.436 e. The Kier molecular flexibility index (Phi) is 3.47. The molecule has 22 heavy (non-hydrogen) atoms. The normalized spacial score (nSPS) is 14.9. The lowest BCUT2D eigenvalue weighted by molar-refractivity contribution is 0.620. The maximum atomic E-state index is 6.07. The van der Waals surface area contributed by atoms with E-state index in [4.69, 9.17) is 27.6 Å². The molecule has 1 saturated heterocycles. The lowest BCUT2D eigenvalue weighted by Gasteiger charge is -2.16. The number of oxazole rings is 1. The number of rotatable bonds is 2. The standard InChI is InChI=1S/C17H14Cl2N2O/c18-13-5-3-11(9-14(13)19)17-20-15-10-12(4-6-16(15)22-17)21-7-1-2-8-21/h3-6,9-10H,1-2,7-8H2. The van der Waals surface area contributed by atoms with Gasteiger partial charge in [-0.2, -0.15) is 0 Å². The summed E-state index contributed by atoms with van der Waals surface area (Å²) in [5.74, 6) is 0.562. The summed E-state index contributed by atoms with van der Waals surface area (Å²) >= 11 is 12.0. The Morgan fingerprint density at radius 2 is 1.77 bits per heavy atom. The molecule has 3 nitrogen and oxygen atoms in total. The van der Waals surface area contributed by atoms with Crippen LogP contribution in [0.2, 0.25) is 10.0 Å². The van der Waals surface area contributed by atoms with Gasteiger partial charge in [-0.1, -0.05) is 23.2 Å². The van der Waals surface area contributed by atoms with E-state index < -0.39 is 0 Å². The number of hydrogen-bond acceptors (Lipinski definition) is 3. The zero-order valence-electron chi connectivity index (χ0n) is 11.9. The summed E-state index contributed by atoms with van der Waals surface area (Å²) in [7, 11) is 0. The van der Waals surface area contributed by atoms with Gasteiger partial charge in [-0.15, -0.1) is 0 Å². The smallest absolute Gasteiger partial charge is 0.227 e. The number of anilines is 1. The van der Waals surface area contributed by atoms with E-state index in [0.717, 1.165) is 29.8 Å². The predicted octanol–water partition coefficient (Wildman–Crippen LogP) is 5.40. The maximum Gasteiger partial charge on any atom is 0.227 e. The van der Waals surface area contributed by atoms with Gasteiger partial charge in [0.15, 0.2) is 5.58 Å². The average Bonchev–Trinajstić information content (AvgIpc) is 3.17. The van der Waals surface area contributed by atoms with Gasteiger partial charge in [0.1, 0.15) is 5.52 Å². The van der Waals surface area contributed by atoms with Crippen LogP contribution >= 0.6 is 23.2 Å². The summed E-state index contributed by atoms with van der Waals surface area (Å²) in [5.41, 5.74) is 3.68. The van der Waals surface area contributed by atoms with E-state index in [-0.39, 0.29) is 0 Å². The minimum absolute atomic E-state index is 0.499. The molecule has 0 N–H and O–H groups in total. The van der Waals surface area contributed by atoms with Gasteiger partial charge in [0.2, 0.25) is 5.89 Å². The fourth-order valence-corrected chi connectivity index (χ4v) is 3.14. The van der Waals surface area contributed by atoms with Crippen molar-refractivity contribution in [2.45, 2.75) is 12.8 Å². The molecule has 0 spiro atoms. The molecule has 1 aromatic heterocycles. The van der Waals surface area contributed by atoms with Crippen LogP contribution in [0.15, 0.2) is 40.8 Å². The first-order valence-corrected chi connectivity index (χ1v) is 8.07. The first kappa shape index (κ1) is 13.9. The number of hydrogen-bond donors (Lipinski definition) is 0. The Labute approximate surface area is 138 Å². The largest absolute Gasteiger partial charge is 0.436 e. The summed E-state index contributed by atoms with van der Waals surface area (Å²) in [6.45, 7) is 2.23. The van der Waals surface area contributed by atoms with E-state index in [0.29, 0.717) is 15.9 Å². The van der Waals surface area contributed by atoms with E-state index in [1.807, 2.05) is 12.1 Å². The first-order valence-electron chi connectivity index (χ1n) is 7.32. The Morgan fingerprint density at radius 1 is 0.955 bits per heavy atom. The molecule has 0 bridgehead atoms. The van der Waals surface area contributed by atoms with Crippen LogP contribution in [0.5, 0.6) is 0 Å². The van der Waals surface area contributed by atoms with Gasteiger partial charge in [0, 0.05) is 24.3 Å². The highest BCUT2D eigenvalue weighted by Gasteiger charge is 2.15. The van der Waals surface area contributed by atoms with Crippen LogP contribution in [0.1, 0.15) is 12.8 Å². The highest BCUT2D eigenvalue weighted by Crippen LogP contribution is 2.31. The second-order valence-corrected chi connectivity index (χ2v) is 6.31. The highest BCUT2D eigenvalue weighted by atomic mass is 35.5. The van der Waals surface area contributed by atoms with Crippen molar-refractivity contribution in [3.63, 3.8) is 0 Å². The van der Waals surface area contributed by atoms with Gasteiger partial charge in [-0.3, -0.25) is 0 Å². The van der Waals surface area contributed by atoms with Gasteiger partial charge >= 0.3 is 0 Å². The molecule has 1 fully saturated rings. The summed E-state index contributed by atoms with van der Waals surface area (Å²) in [6, 6.07) is 11.6. The molecule has 4 rings (SSSR count). The lowest BCUT2D eigenvalue weighted by Crippen LogP contribution is -2.17. The van der Waals surface area contributed by atoms with Gasteiger partial charge in [0.05, 0.1) is 10.0 Å². The van der Waals surface area contributed by atoms with E-state index in [9.17, 15) is 0 Å². The Morgan fingerprint density at radius 3 is 2.55 bits per heavy atom. The van der Waals surface area contributed by atoms with Gasteiger partial charge < -0.3 is 9.32 Å². The quantitative estimate of drug-likeness (QED) is 0.629. The number of fused-ring (bicyclic) bond motifs is 1. The van der Waals surface area contributed by atoms with Crippen LogP contribution in [0, 0.1) is 0 Å². The summed E-state index contributed by atoms with van der Waals surface area (Å²) in [5, 5.41) is 1.03. The zero-order valence-corrected chi connectivity index (χ0v) is 13.4. The van der Waals surface area contributed by atoms with Crippen molar-refractivity contribution in [2.75, 3.05) is 18.0 Å². The number of nitrogens with zero attached hydrogens (tertiary/aromatic N) is 2.